The van der Waals surface area contributed by atoms with E-state index >= 15 is 0 Å². The second-order valence-electron chi connectivity index (χ2n) is 4.36. The fraction of sp³-hybridized carbons (Fsp3) is 0.727. The molecule has 0 saturated carbocycles. The lowest BCUT2D eigenvalue weighted by Crippen LogP contribution is -2.08. The van der Waals surface area contributed by atoms with Crippen molar-refractivity contribution < 1.29 is 0 Å². The Bertz CT molecular complexity index is 295. The maximum absolute atomic E-state index is 4.84. The number of nitrogens with zero attached hydrogens (tertiary/aromatic N) is 1. The van der Waals surface area contributed by atoms with Gasteiger partial charge in [-0.15, -0.1) is 11.3 Å². The van der Waals surface area contributed by atoms with Crippen molar-refractivity contribution in [3.05, 3.63) is 16.1 Å². The Morgan fingerprint density at radius 2 is 2.33 bits per heavy atom. The molecule has 0 aliphatic carbocycles. The third-order valence-electron chi connectivity index (χ3n) is 3.30. The van der Waals surface area contributed by atoms with E-state index in [1.54, 1.807) is 0 Å². The highest BCUT2D eigenvalue weighted by Crippen LogP contribution is 2.34. The standard InChI is InChI=1S/C11H16N2S2/c1-3-12-5-8(1)11-13-10(7-15-11)9-2-4-14-6-9/h7-9,12H,1-6H2. The summed E-state index contributed by atoms with van der Waals surface area (Å²) in [5.41, 5.74) is 1.37. The maximum Gasteiger partial charge on any atom is 0.0972 e. The minimum atomic E-state index is 0.692. The van der Waals surface area contributed by atoms with Gasteiger partial charge in [0.25, 0.3) is 0 Å². The molecule has 2 fully saturated rings. The van der Waals surface area contributed by atoms with E-state index in [2.05, 4.69) is 22.5 Å². The minimum absolute atomic E-state index is 0.692. The van der Waals surface area contributed by atoms with Crippen molar-refractivity contribution in [2.75, 3.05) is 24.6 Å². The van der Waals surface area contributed by atoms with E-state index < -0.39 is 0 Å². The number of nitrogens with one attached hydrogen (secondary N) is 1. The van der Waals surface area contributed by atoms with Gasteiger partial charge in [-0.05, 0) is 25.1 Å². The van der Waals surface area contributed by atoms with E-state index in [4.69, 9.17) is 4.98 Å². The first kappa shape index (κ1) is 10.1. The average molecular weight is 240 g/mol. The van der Waals surface area contributed by atoms with E-state index in [1.807, 2.05) is 11.3 Å². The number of thioether (sulfide) groups is 1. The zero-order valence-corrected chi connectivity index (χ0v) is 10.4. The summed E-state index contributed by atoms with van der Waals surface area (Å²) >= 11 is 3.94. The van der Waals surface area contributed by atoms with Gasteiger partial charge in [0, 0.05) is 29.5 Å². The lowest BCUT2D eigenvalue weighted by atomic mass is 10.1. The molecule has 2 saturated heterocycles. The lowest BCUT2D eigenvalue weighted by Gasteiger charge is -2.04. The molecular formula is C11H16N2S2. The number of thiazole rings is 1. The summed E-state index contributed by atoms with van der Waals surface area (Å²) in [6.07, 6.45) is 2.60. The molecule has 2 atom stereocenters. The highest BCUT2D eigenvalue weighted by atomic mass is 32.2. The van der Waals surface area contributed by atoms with Gasteiger partial charge in [0.1, 0.15) is 0 Å². The highest BCUT2D eigenvalue weighted by Gasteiger charge is 2.24. The van der Waals surface area contributed by atoms with Crippen LogP contribution < -0.4 is 5.32 Å². The molecular weight excluding hydrogens is 224 g/mol. The van der Waals surface area contributed by atoms with Gasteiger partial charge in [-0.25, -0.2) is 4.98 Å². The fourth-order valence-electron chi connectivity index (χ4n) is 2.31. The molecule has 2 aliphatic heterocycles. The zero-order valence-electron chi connectivity index (χ0n) is 8.74. The molecule has 15 heavy (non-hydrogen) atoms. The van der Waals surface area contributed by atoms with Gasteiger partial charge >= 0.3 is 0 Å². The van der Waals surface area contributed by atoms with Crippen LogP contribution in [-0.4, -0.2) is 29.6 Å². The number of aromatic nitrogens is 1. The van der Waals surface area contributed by atoms with E-state index in [-0.39, 0.29) is 0 Å². The van der Waals surface area contributed by atoms with Crippen molar-refractivity contribution in [3.8, 4) is 0 Å². The Labute approximate surface area is 98.9 Å². The van der Waals surface area contributed by atoms with Crippen molar-refractivity contribution in [2.45, 2.75) is 24.7 Å². The first-order valence-electron chi connectivity index (χ1n) is 5.67. The first-order valence-corrected chi connectivity index (χ1v) is 7.70. The van der Waals surface area contributed by atoms with E-state index in [0.29, 0.717) is 5.92 Å². The minimum Gasteiger partial charge on any atom is -0.316 e. The Morgan fingerprint density at radius 1 is 1.33 bits per heavy atom. The highest BCUT2D eigenvalue weighted by molar-refractivity contribution is 7.99. The van der Waals surface area contributed by atoms with Gasteiger partial charge in [0.05, 0.1) is 10.7 Å². The third kappa shape index (κ3) is 2.08. The number of rotatable bonds is 2. The molecule has 1 N–H and O–H groups in total. The number of hydrogen-bond donors (Lipinski definition) is 1. The fourth-order valence-corrected chi connectivity index (χ4v) is 4.59. The normalized spacial score (nSPS) is 31.2. The molecule has 2 nitrogen and oxygen atoms in total. The summed E-state index contributed by atoms with van der Waals surface area (Å²) in [4.78, 5) is 4.84. The van der Waals surface area contributed by atoms with Crippen LogP contribution in [0.3, 0.4) is 0 Å². The van der Waals surface area contributed by atoms with Crippen molar-refractivity contribution in [1.29, 1.82) is 0 Å². The van der Waals surface area contributed by atoms with Gasteiger partial charge in [-0.3, -0.25) is 0 Å². The third-order valence-corrected chi connectivity index (χ3v) is 5.49. The molecule has 0 radical (unpaired) electrons. The van der Waals surface area contributed by atoms with Gasteiger partial charge in [0.15, 0.2) is 0 Å². The SMILES string of the molecule is c1sc(C2CCNC2)nc1C1CCSC1. The van der Waals surface area contributed by atoms with E-state index in [9.17, 15) is 0 Å². The summed E-state index contributed by atoms with van der Waals surface area (Å²) < 4.78 is 0. The molecule has 4 heteroatoms. The van der Waals surface area contributed by atoms with Gasteiger partial charge < -0.3 is 5.32 Å². The Balaban J connectivity index is 1.74. The van der Waals surface area contributed by atoms with Crippen molar-refractivity contribution in [2.24, 2.45) is 0 Å². The van der Waals surface area contributed by atoms with Crippen LogP contribution in [0, 0.1) is 0 Å². The van der Waals surface area contributed by atoms with Crippen LogP contribution in [0.5, 0.6) is 0 Å². The molecule has 2 unspecified atom stereocenters. The topological polar surface area (TPSA) is 24.9 Å². The van der Waals surface area contributed by atoms with Crippen molar-refractivity contribution in [1.82, 2.24) is 10.3 Å². The Morgan fingerprint density at radius 3 is 3.07 bits per heavy atom. The maximum atomic E-state index is 4.84. The Hall–Kier alpha value is -0.0600. The predicted molar refractivity (Wildman–Crippen MR) is 67.0 cm³/mol. The quantitative estimate of drug-likeness (QED) is 0.859. The Kier molecular flexibility index (Phi) is 2.99. The van der Waals surface area contributed by atoms with E-state index in [1.165, 1.54) is 41.6 Å². The molecule has 0 amide bonds. The molecule has 2 aliphatic rings. The van der Waals surface area contributed by atoms with Crippen LogP contribution in [0.2, 0.25) is 0 Å². The molecule has 3 rings (SSSR count). The summed E-state index contributed by atoms with van der Waals surface area (Å²) in [5, 5.41) is 7.08. The van der Waals surface area contributed by atoms with Gasteiger partial charge in [0.2, 0.25) is 0 Å². The van der Waals surface area contributed by atoms with Crippen LogP contribution in [0.25, 0.3) is 0 Å². The van der Waals surface area contributed by atoms with Gasteiger partial charge in [-0.1, -0.05) is 0 Å². The summed E-state index contributed by atoms with van der Waals surface area (Å²) in [5.74, 6) is 4.04. The predicted octanol–water partition coefficient (Wildman–Crippen LogP) is 2.44. The molecule has 1 aromatic rings. The monoisotopic (exact) mass is 240 g/mol. The first-order chi connectivity index (χ1) is 7.43. The summed E-state index contributed by atoms with van der Waals surface area (Å²) in [6.45, 7) is 2.30. The molecule has 82 valence electrons. The summed E-state index contributed by atoms with van der Waals surface area (Å²) in [7, 11) is 0. The van der Waals surface area contributed by atoms with Crippen molar-refractivity contribution in [3.63, 3.8) is 0 Å². The smallest absolute Gasteiger partial charge is 0.0972 e. The zero-order chi connectivity index (χ0) is 10.1. The van der Waals surface area contributed by atoms with Crippen LogP contribution in [0.1, 0.15) is 35.4 Å². The molecule has 3 heterocycles. The van der Waals surface area contributed by atoms with Crippen LogP contribution in [0.4, 0.5) is 0 Å². The van der Waals surface area contributed by atoms with E-state index in [0.717, 1.165) is 12.5 Å². The molecule has 0 spiro atoms. The average Bonchev–Trinajstić information content (AvgIpc) is 3.02. The molecule has 1 aromatic heterocycles. The molecule has 0 bridgehead atoms. The summed E-state index contributed by atoms with van der Waals surface area (Å²) in [6, 6.07) is 0. The second kappa shape index (κ2) is 4.44. The van der Waals surface area contributed by atoms with Crippen LogP contribution >= 0.6 is 23.1 Å². The molecule has 0 aromatic carbocycles. The second-order valence-corrected chi connectivity index (χ2v) is 6.40. The van der Waals surface area contributed by atoms with Crippen molar-refractivity contribution >= 4 is 23.1 Å². The van der Waals surface area contributed by atoms with Crippen LogP contribution in [0.15, 0.2) is 5.38 Å². The van der Waals surface area contributed by atoms with Crippen LogP contribution in [-0.2, 0) is 0 Å². The van der Waals surface area contributed by atoms with Gasteiger partial charge in [-0.2, -0.15) is 11.8 Å². The number of hydrogen-bond acceptors (Lipinski definition) is 4. The largest absolute Gasteiger partial charge is 0.316 e. The lowest BCUT2D eigenvalue weighted by molar-refractivity contribution is 0.719.